The van der Waals surface area contributed by atoms with Gasteiger partial charge in [0.1, 0.15) is 5.70 Å². The van der Waals surface area contributed by atoms with E-state index in [-0.39, 0.29) is 27.0 Å². The Bertz CT molecular complexity index is 1200. The van der Waals surface area contributed by atoms with Gasteiger partial charge in [0.15, 0.2) is 0 Å². The predicted molar refractivity (Wildman–Crippen MR) is 122 cm³/mol. The number of nitrogens with one attached hydrogen (secondary N) is 1. The molecule has 0 aromatic heterocycles. The van der Waals surface area contributed by atoms with Crippen molar-refractivity contribution in [3.05, 3.63) is 99.2 Å². The molecule has 0 aliphatic carbocycles. The molecule has 30 heavy (non-hydrogen) atoms. The van der Waals surface area contributed by atoms with Gasteiger partial charge in [0.05, 0.1) is 21.3 Å². The average Bonchev–Trinajstić information content (AvgIpc) is 2.97. The van der Waals surface area contributed by atoms with E-state index in [0.29, 0.717) is 5.56 Å². The molecule has 1 aliphatic rings. The molecule has 3 aromatic rings. The first-order valence-electron chi connectivity index (χ1n) is 9.35. The summed E-state index contributed by atoms with van der Waals surface area (Å²) in [5, 5.41) is 3.59. The molecule has 4 rings (SSSR count). The molecule has 0 spiro atoms. The fourth-order valence-corrected chi connectivity index (χ4v) is 3.75. The molecule has 0 saturated carbocycles. The van der Waals surface area contributed by atoms with Crippen LogP contribution in [0.2, 0.25) is 10.0 Å². The Kier molecular flexibility index (Phi) is 5.37. The fourth-order valence-electron chi connectivity index (χ4n) is 3.37. The Morgan fingerprint density at radius 1 is 0.800 bits per heavy atom. The molecule has 2 amide bonds. The first kappa shape index (κ1) is 20.2. The van der Waals surface area contributed by atoms with Gasteiger partial charge in [-0.3, -0.25) is 9.59 Å². The first-order valence-corrected chi connectivity index (χ1v) is 10.1. The second kappa shape index (κ2) is 7.98. The number of anilines is 2. The summed E-state index contributed by atoms with van der Waals surface area (Å²) in [6.45, 7) is 4.01. The van der Waals surface area contributed by atoms with Crippen molar-refractivity contribution < 1.29 is 9.59 Å². The third kappa shape index (κ3) is 3.49. The van der Waals surface area contributed by atoms with Gasteiger partial charge in [-0.2, -0.15) is 0 Å². The minimum Gasteiger partial charge on any atom is -0.350 e. The van der Waals surface area contributed by atoms with Crippen molar-refractivity contribution >= 4 is 52.0 Å². The maximum Gasteiger partial charge on any atom is 0.282 e. The highest BCUT2D eigenvalue weighted by molar-refractivity contribution is 6.50. The molecule has 0 fully saturated rings. The van der Waals surface area contributed by atoms with E-state index in [2.05, 4.69) is 5.32 Å². The summed E-state index contributed by atoms with van der Waals surface area (Å²) in [5.41, 5.74) is 4.32. The van der Waals surface area contributed by atoms with E-state index >= 15 is 0 Å². The van der Waals surface area contributed by atoms with Crippen molar-refractivity contribution in [3.8, 4) is 0 Å². The smallest absolute Gasteiger partial charge is 0.282 e. The molecular weight excluding hydrogens is 419 g/mol. The molecular formula is C24H18Cl2N2O2. The monoisotopic (exact) mass is 436 g/mol. The number of amides is 2. The summed E-state index contributed by atoms with van der Waals surface area (Å²) < 4.78 is 0. The molecule has 1 heterocycles. The summed E-state index contributed by atoms with van der Waals surface area (Å²) in [6, 6.07) is 19.7. The minimum atomic E-state index is -0.485. The number of imide groups is 1. The third-order valence-electron chi connectivity index (χ3n) is 5.09. The standard InChI is InChI=1S/C24H18Cl2N2O2/c1-14-11-12-17(13-15(14)2)27-22-20(16-7-4-3-5-8-16)23(29)28(24(22)30)19-10-6-9-18(25)21(19)26/h3-13,27H,1-2H3. The van der Waals surface area contributed by atoms with Crippen LogP contribution in [0.25, 0.3) is 5.57 Å². The van der Waals surface area contributed by atoms with Crippen LogP contribution in [0.4, 0.5) is 11.4 Å². The van der Waals surface area contributed by atoms with Crippen LogP contribution in [0.1, 0.15) is 16.7 Å². The van der Waals surface area contributed by atoms with Crippen LogP contribution in [-0.2, 0) is 9.59 Å². The molecule has 150 valence electrons. The Morgan fingerprint density at radius 2 is 1.53 bits per heavy atom. The van der Waals surface area contributed by atoms with E-state index in [4.69, 9.17) is 23.2 Å². The van der Waals surface area contributed by atoms with E-state index < -0.39 is 11.8 Å². The average molecular weight is 437 g/mol. The number of nitrogens with zero attached hydrogens (tertiary/aromatic N) is 1. The van der Waals surface area contributed by atoms with Gasteiger partial charge in [0.2, 0.25) is 0 Å². The Hall–Kier alpha value is -3.08. The van der Waals surface area contributed by atoms with Gasteiger partial charge >= 0.3 is 0 Å². The number of hydrogen-bond donors (Lipinski definition) is 1. The van der Waals surface area contributed by atoms with Crippen LogP contribution in [0.3, 0.4) is 0 Å². The lowest BCUT2D eigenvalue weighted by Crippen LogP contribution is -2.32. The quantitative estimate of drug-likeness (QED) is 0.509. The van der Waals surface area contributed by atoms with E-state index in [1.54, 1.807) is 30.3 Å². The second-order valence-electron chi connectivity index (χ2n) is 7.06. The van der Waals surface area contributed by atoms with Crippen LogP contribution in [0.5, 0.6) is 0 Å². The van der Waals surface area contributed by atoms with Gasteiger partial charge in [-0.05, 0) is 54.8 Å². The maximum atomic E-state index is 13.4. The van der Waals surface area contributed by atoms with Crippen molar-refractivity contribution in [3.63, 3.8) is 0 Å². The zero-order valence-corrected chi connectivity index (χ0v) is 17.9. The second-order valence-corrected chi connectivity index (χ2v) is 7.84. The predicted octanol–water partition coefficient (Wildman–Crippen LogP) is 6.01. The van der Waals surface area contributed by atoms with Crippen LogP contribution in [0, 0.1) is 13.8 Å². The Labute approximate surface area is 184 Å². The number of aryl methyl sites for hydroxylation is 2. The van der Waals surface area contributed by atoms with Gasteiger partial charge in [0, 0.05) is 5.69 Å². The van der Waals surface area contributed by atoms with Gasteiger partial charge in [-0.15, -0.1) is 0 Å². The highest BCUT2D eigenvalue weighted by atomic mass is 35.5. The topological polar surface area (TPSA) is 49.4 Å². The highest BCUT2D eigenvalue weighted by Crippen LogP contribution is 2.39. The normalized spacial score (nSPS) is 13.9. The molecule has 0 saturated heterocycles. The number of halogens is 2. The molecule has 6 heteroatoms. The number of benzene rings is 3. The van der Waals surface area contributed by atoms with Gasteiger partial charge in [-0.1, -0.05) is 65.7 Å². The SMILES string of the molecule is Cc1ccc(NC2=C(c3ccccc3)C(=O)N(c3cccc(Cl)c3Cl)C2=O)cc1C. The van der Waals surface area contributed by atoms with Crippen LogP contribution >= 0.6 is 23.2 Å². The summed E-state index contributed by atoms with van der Waals surface area (Å²) in [7, 11) is 0. The van der Waals surface area contributed by atoms with Crippen LogP contribution < -0.4 is 10.2 Å². The molecule has 1 aliphatic heterocycles. The lowest BCUT2D eigenvalue weighted by Gasteiger charge is -2.17. The number of rotatable bonds is 4. The Balaban J connectivity index is 1.85. The number of carbonyl (C=O) groups is 2. The minimum absolute atomic E-state index is 0.153. The van der Waals surface area contributed by atoms with E-state index in [1.807, 2.05) is 50.2 Å². The zero-order chi connectivity index (χ0) is 21.4. The molecule has 0 unspecified atom stereocenters. The lowest BCUT2D eigenvalue weighted by atomic mass is 10.0. The summed E-state index contributed by atoms with van der Waals surface area (Å²) >= 11 is 12.5. The number of carbonyl (C=O) groups excluding carboxylic acids is 2. The third-order valence-corrected chi connectivity index (χ3v) is 5.90. The van der Waals surface area contributed by atoms with Gasteiger partial charge < -0.3 is 5.32 Å². The molecule has 0 atom stereocenters. The van der Waals surface area contributed by atoms with Crippen molar-refractivity contribution in [2.45, 2.75) is 13.8 Å². The van der Waals surface area contributed by atoms with E-state index in [1.165, 1.54) is 0 Å². The van der Waals surface area contributed by atoms with Gasteiger partial charge in [-0.25, -0.2) is 4.90 Å². The first-order chi connectivity index (χ1) is 14.4. The van der Waals surface area contributed by atoms with Crippen molar-refractivity contribution in [1.82, 2.24) is 0 Å². The molecule has 0 bridgehead atoms. The molecule has 3 aromatic carbocycles. The maximum absolute atomic E-state index is 13.4. The van der Waals surface area contributed by atoms with Crippen LogP contribution in [0.15, 0.2) is 72.4 Å². The molecule has 1 N–H and O–H groups in total. The summed E-state index contributed by atoms with van der Waals surface area (Å²) in [6.07, 6.45) is 0. The summed E-state index contributed by atoms with van der Waals surface area (Å²) in [4.78, 5) is 27.9. The van der Waals surface area contributed by atoms with Crippen molar-refractivity contribution in [2.75, 3.05) is 10.2 Å². The Morgan fingerprint density at radius 3 is 2.23 bits per heavy atom. The lowest BCUT2D eigenvalue weighted by molar-refractivity contribution is -0.120. The van der Waals surface area contributed by atoms with E-state index in [9.17, 15) is 9.59 Å². The highest BCUT2D eigenvalue weighted by Gasteiger charge is 2.41. The van der Waals surface area contributed by atoms with E-state index in [0.717, 1.165) is 21.7 Å². The van der Waals surface area contributed by atoms with Crippen molar-refractivity contribution in [1.29, 1.82) is 0 Å². The van der Waals surface area contributed by atoms with Gasteiger partial charge in [0.25, 0.3) is 11.8 Å². The van der Waals surface area contributed by atoms with Crippen molar-refractivity contribution in [2.24, 2.45) is 0 Å². The molecule has 0 radical (unpaired) electrons. The summed E-state index contributed by atoms with van der Waals surface area (Å²) in [5.74, 6) is -0.942. The van der Waals surface area contributed by atoms with Crippen LogP contribution in [-0.4, -0.2) is 11.8 Å². The zero-order valence-electron chi connectivity index (χ0n) is 16.4. The fraction of sp³-hybridized carbons (Fsp3) is 0.0833. The molecule has 4 nitrogen and oxygen atoms in total. The largest absolute Gasteiger partial charge is 0.350 e. The number of hydrogen-bond acceptors (Lipinski definition) is 3.